The van der Waals surface area contributed by atoms with Crippen LogP contribution in [0, 0.1) is 0 Å². The highest BCUT2D eigenvalue weighted by Gasteiger charge is 2.14. The maximum Gasteiger partial charge on any atom is 0.198 e. The number of nitrogen functional groups attached to an aromatic ring is 1. The van der Waals surface area contributed by atoms with E-state index in [1.807, 2.05) is 37.3 Å². The first kappa shape index (κ1) is 19.0. The number of likely N-dealkylation sites (N-methyl/N-ethyl adjacent to an activating group) is 1. The molecule has 0 saturated heterocycles. The van der Waals surface area contributed by atoms with E-state index < -0.39 is 0 Å². The van der Waals surface area contributed by atoms with Crippen molar-refractivity contribution in [2.75, 3.05) is 25.4 Å². The average molecular weight is 364 g/mol. The van der Waals surface area contributed by atoms with Gasteiger partial charge in [0.25, 0.3) is 0 Å². The second kappa shape index (κ2) is 8.27. The summed E-state index contributed by atoms with van der Waals surface area (Å²) in [7, 11) is 0. The van der Waals surface area contributed by atoms with Crippen LogP contribution in [0.3, 0.4) is 0 Å². The summed E-state index contributed by atoms with van der Waals surface area (Å²) < 4.78 is 0. The Balaban J connectivity index is 1.80. The van der Waals surface area contributed by atoms with Crippen molar-refractivity contribution in [1.82, 2.24) is 9.88 Å². The molecule has 0 saturated carbocycles. The summed E-state index contributed by atoms with van der Waals surface area (Å²) in [5.41, 5.74) is 11.0. The van der Waals surface area contributed by atoms with Gasteiger partial charge in [-0.25, -0.2) is 0 Å². The van der Waals surface area contributed by atoms with Crippen LogP contribution in [-0.2, 0) is 6.42 Å². The van der Waals surface area contributed by atoms with Gasteiger partial charge in [-0.1, -0.05) is 26.0 Å². The summed E-state index contributed by atoms with van der Waals surface area (Å²) in [4.78, 5) is 10.1. The summed E-state index contributed by atoms with van der Waals surface area (Å²) in [6, 6.07) is 13.8. The minimum atomic E-state index is 0.118. The van der Waals surface area contributed by atoms with E-state index in [-0.39, 0.29) is 5.88 Å². The number of nitrogens with zero attached hydrogens (tertiary/aromatic N) is 2. The SMILES string of the molecule is CCN(CC)CCc1ccc(N=C(C)c2c(O)[nH]c3ccc(N)cc23)cc1. The van der Waals surface area contributed by atoms with Crippen LogP contribution in [0.4, 0.5) is 11.4 Å². The molecule has 0 amide bonds. The Kier molecular flexibility index (Phi) is 5.81. The van der Waals surface area contributed by atoms with Crippen molar-refractivity contribution in [2.45, 2.75) is 27.2 Å². The van der Waals surface area contributed by atoms with Gasteiger partial charge in [0.15, 0.2) is 5.88 Å². The van der Waals surface area contributed by atoms with Crippen molar-refractivity contribution in [1.29, 1.82) is 0 Å². The molecule has 3 aromatic rings. The average Bonchev–Trinajstić information content (AvgIpc) is 2.99. The third-order valence-corrected chi connectivity index (χ3v) is 5.01. The van der Waals surface area contributed by atoms with E-state index in [2.05, 4.69) is 35.9 Å². The molecule has 0 aliphatic heterocycles. The Labute approximate surface area is 160 Å². The molecule has 0 aliphatic carbocycles. The predicted octanol–water partition coefficient (Wildman–Crippen LogP) is 4.48. The van der Waals surface area contributed by atoms with Gasteiger partial charge in [-0.2, -0.15) is 0 Å². The summed E-state index contributed by atoms with van der Waals surface area (Å²) in [6.45, 7) is 9.52. The van der Waals surface area contributed by atoms with Gasteiger partial charge in [-0.3, -0.25) is 4.99 Å². The van der Waals surface area contributed by atoms with Crippen molar-refractivity contribution in [3.63, 3.8) is 0 Å². The number of aliphatic imine (C=N–C) groups is 1. The van der Waals surface area contributed by atoms with Crippen LogP contribution in [-0.4, -0.2) is 40.3 Å². The molecule has 142 valence electrons. The fourth-order valence-corrected chi connectivity index (χ4v) is 3.38. The third kappa shape index (κ3) is 4.31. The molecule has 4 N–H and O–H groups in total. The number of rotatable bonds is 7. The lowest BCUT2D eigenvalue weighted by atomic mass is 10.1. The highest BCUT2D eigenvalue weighted by Crippen LogP contribution is 2.30. The van der Waals surface area contributed by atoms with Crippen LogP contribution in [0.5, 0.6) is 5.88 Å². The number of fused-ring (bicyclic) bond motifs is 1. The monoisotopic (exact) mass is 364 g/mol. The van der Waals surface area contributed by atoms with Gasteiger partial charge < -0.3 is 20.7 Å². The van der Waals surface area contributed by atoms with E-state index in [4.69, 9.17) is 10.7 Å². The van der Waals surface area contributed by atoms with Gasteiger partial charge in [0.2, 0.25) is 0 Å². The molecule has 0 aliphatic rings. The molecule has 0 fully saturated rings. The quantitative estimate of drug-likeness (QED) is 0.427. The number of aromatic nitrogens is 1. The van der Waals surface area contributed by atoms with Crippen molar-refractivity contribution in [3.05, 3.63) is 53.6 Å². The molecule has 1 heterocycles. The molecule has 27 heavy (non-hydrogen) atoms. The van der Waals surface area contributed by atoms with E-state index in [0.717, 1.165) is 48.4 Å². The highest BCUT2D eigenvalue weighted by atomic mass is 16.3. The Morgan fingerprint density at radius 2 is 1.81 bits per heavy atom. The van der Waals surface area contributed by atoms with Crippen molar-refractivity contribution < 1.29 is 5.11 Å². The van der Waals surface area contributed by atoms with E-state index in [1.54, 1.807) is 0 Å². The lowest BCUT2D eigenvalue weighted by molar-refractivity contribution is 0.308. The molecular weight excluding hydrogens is 336 g/mol. The second-order valence-electron chi connectivity index (χ2n) is 6.79. The minimum Gasteiger partial charge on any atom is -0.494 e. The zero-order valence-corrected chi connectivity index (χ0v) is 16.3. The number of benzene rings is 2. The topological polar surface area (TPSA) is 77.6 Å². The number of nitrogens with two attached hydrogens (primary N) is 1. The molecule has 5 heteroatoms. The van der Waals surface area contributed by atoms with Crippen molar-refractivity contribution >= 4 is 28.0 Å². The zero-order valence-electron chi connectivity index (χ0n) is 16.3. The fraction of sp³-hybridized carbons (Fsp3) is 0.318. The Bertz CT molecular complexity index is 937. The standard InChI is InChI=1S/C22H28N4O/c1-4-26(5-2)13-12-16-6-9-18(10-7-16)24-15(3)21-19-14-17(23)8-11-20(19)25-22(21)27/h6-11,14,25,27H,4-5,12-13,23H2,1-3H3. The number of anilines is 1. The Hall–Kier alpha value is -2.79. The van der Waals surface area contributed by atoms with Gasteiger partial charge in [-0.15, -0.1) is 0 Å². The Morgan fingerprint density at radius 3 is 2.48 bits per heavy atom. The van der Waals surface area contributed by atoms with Crippen LogP contribution in [0.2, 0.25) is 0 Å². The van der Waals surface area contributed by atoms with Gasteiger partial charge in [0.05, 0.1) is 17.0 Å². The molecule has 0 spiro atoms. The van der Waals surface area contributed by atoms with Gasteiger partial charge in [-0.05, 0) is 62.3 Å². The van der Waals surface area contributed by atoms with Gasteiger partial charge in [0.1, 0.15) is 0 Å². The van der Waals surface area contributed by atoms with E-state index in [0.29, 0.717) is 11.3 Å². The van der Waals surface area contributed by atoms with Crippen molar-refractivity contribution in [2.24, 2.45) is 4.99 Å². The number of aromatic hydroxyl groups is 1. The molecule has 0 unspecified atom stereocenters. The first-order chi connectivity index (χ1) is 13.0. The molecule has 0 radical (unpaired) electrons. The maximum atomic E-state index is 10.3. The van der Waals surface area contributed by atoms with Gasteiger partial charge in [0, 0.05) is 23.1 Å². The normalized spacial score (nSPS) is 12.2. The highest BCUT2D eigenvalue weighted by molar-refractivity contribution is 6.13. The van der Waals surface area contributed by atoms with Crippen LogP contribution in [0.15, 0.2) is 47.5 Å². The molecule has 1 aromatic heterocycles. The number of hydrogen-bond donors (Lipinski definition) is 3. The first-order valence-electron chi connectivity index (χ1n) is 9.49. The molecular formula is C22H28N4O. The second-order valence-corrected chi connectivity index (χ2v) is 6.79. The van der Waals surface area contributed by atoms with Crippen LogP contribution in [0.1, 0.15) is 31.9 Å². The third-order valence-electron chi connectivity index (χ3n) is 5.01. The van der Waals surface area contributed by atoms with Crippen LogP contribution in [0.25, 0.3) is 10.9 Å². The summed E-state index contributed by atoms with van der Waals surface area (Å²) in [5, 5.41) is 11.2. The Morgan fingerprint density at radius 1 is 1.11 bits per heavy atom. The fourth-order valence-electron chi connectivity index (χ4n) is 3.38. The number of hydrogen-bond acceptors (Lipinski definition) is 4. The van der Waals surface area contributed by atoms with Crippen LogP contribution >= 0.6 is 0 Å². The van der Waals surface area contributed by atoms with Crippen molar-refractivity contribution in [3.8, 4) is 5.88 Å². The maximum absolute atomic E-state index is 10.3. The molecule has 0 bridgehead atoms. The largest absolute Gasteiger partial charge is 0.494 e. The van der Waals surface area contributed by atoms with E-state index >= 15 is 0 Å². The molecule has 2 aromatic carbocycles. The molecule has 3 rings (SSSR count). The summed E-state index contributed by atoms with van der Waals surface area (Å²) in [6.07, 6.45) is 1.03. The smallest absolute Gasteiger partial charge is 0.198 e. The lowest BCUT2D eigenvalue weighted by Gasteiger charge is -2.17. The van der Waals surface area contributed by atoms with Gasteiger partial charge >= 0.3 is 0 Å². The predicted molar refractivity (Wildman–Crippen MR) is 114 cm³/mol. The molecule has 5 nitrogen and oxygen atoms in total. The number of nitrogens with one attached hydrogen (secondary N) is 1. The van der Waals surface area contributed by atoms with E-state index in [9.17, 15) is 5.11 Å². The van der Waals surface area contributed by atoms with Crippen LogP contribution < -0.4 is 5.73 Å². The number of H-pyrrole nitrogens is 1. The first-order valence-corrected chi connectivity index (χ1v) is 9.49. The summed E-state index contributed by atoms with van der Waals surface area (Å²) >= 11 is 0. The number of aromatic amines is 1. The minimum absolute atomic E-state index is 0.118. The summed E-state index contributed by atoms with van der Waals surface area (Å²) in [5.74, 6) is 0.118. The van der Waals surface area contributed by atoms with E-state index in [1.165, 1.54) is 5.56 Å². The molecule has 0 atom stereocenters. The lowest BCUT2D eigenvalue weighted by Crippen LogP contribution is -2.25. The zero-order chi connectivity index (χ0) is 19.4.